The first-order valence-corrected chi connectivity index (χ1v) is 10.4. The van der Waals surface area contributed by atoms with Gasteiger partial charge in [0.15, 0.2) is 0 Å². The molecule has 0 heterocycles. The largest absolute Gasteiger partial charge is 0.495 e. The van der Waals surface area contributed by atoms with Crippen LogP contribution in [0, 0.1) is 11.3 Å². The zero-order chi connectivity index (χ0) is 19.8. The molecule has 0 spiro atoms. The number of rotatable bonds is 7. The molecule has 1 aliphatic rings. The van der Waals surface area contributed by atoms with Crippen LogP contribution in [0.3, 0.4) is 0 Å². The molecule has 0 radical (unpaired) electrons. The second kappa shape index (κ2) is 7.31. The average Bonchev–Trinajstić information content (AvgIpc) is 3.20. The average molecular weight is 411 g/mol. The van der Waals surface area contributed by atoms with Crippen molar-refractivity contribution in [1.29, 1.82) is 0 Å². The Morgan fingerprint density at radius 3 is 2.44 bits per heavy atom. The minimum absolute atomic E-state index is 0.0329. The molecule has 0 amide bonds. The lowest BCUT2D eigenvalue weighted by Gasteiger charge is -2.12. The van der Waals surface area contributed by atoms with Gasteiger partial charge >= 0.3 is 0 Å². The van der Waals surface area contributed by atoms with E-state index in [0.29, 0.717) is 16.9 Å². The maximum absolute atomic E-state index is 11.6. The van der Waals surface area contributed by atoms with Crippen LogP contribution in [0.25, 0.3) is 0 Å². The van der Waals surface area contributed by atoms with Gasteiger partial charge in [0, 0.05) is 11.6 Å². The van der Waals surface area contributed by atoms with Gasteiger partial charge in [-0.3, -0.25) is 0 Å². The minimum atomic E-state index is -3.85. The zero-order valence-electron chi connectivity index (χ0n) is 15.4. The molecule has 0 saturated heterocycles. The summed E-state index contributed by atoms with van der Waals surface area (Å²) in [5, 5.41) is 12.8. The molecule has 3 rings (SSSR count). The Kier molecular flexibility index (Phi) is 5.40. The highest BCUT2D eigenvalue weighted by atomic mass is 35.5. The number of ether oxygens (including phenoxy) is 1. The fourth-order valence-electron chi connectivity index (χ4n) is 3.73. The smallest absolute Gasteiger partial charge is 0.262 e. The monoisotopic (exact) mass is 410 g/mol. The van der Waals surface area contributed by atoms with E-state index in [1.807, 2.05) is 12.1 Å². The van der Waals surface area contributed by atoms with Gasteiger partial charge in [-0.1, -0.05) is 42.5 Å². The molecule has 6 nitrogen and oxygen atoms in total. The Morgan fingerprint density at radius 1 is 1.19 bits per heavy atom. The first kappa shape index (κ1) is 19.9. The zero-order valence-corrected chi connectivity index (χ0v) is 16.9. The first-order chi connectivity index (χ1) is 12.7. The Bertz CT molecular complexity index is 929. The van der Waals surface area contributed by atoms with Crippen molar-refractivity contribution >= 4 is 27.3 Å². The van der Waals surface area contributed by atoms with Gasteiger partial charge in [-0.05, 0) is 53.1 Å². The van der Waals surface area contributed by atoms with Crippen LogP contribution < -0.4 is 14.9 Å². The van der Waals surface area contributed by atoms with Gasteiger partial charge in [-0.25, -0.2) is 8.42 Å². The van der Waals surface area contributed by atoms with Crippen LogP contribution in [-0.2, 0) is 10.0 Å². The highest BCUT2D eigenvalue weighted by Crippen LogP contribution is 2.64. The number of nitrogens with one attached hydrogen (secondary N) is 2. The lowest BCUT2D eigenvalue weighted by Crippen LogP contribution is -2.19. The van der Waals surface area contributed by atoms with Gasteiger partial charge in [-0.15, -0.1) is 0 Å². The van der Waals surface area contributed by atoms with Crippen molar-refractivity contribution in [3.8, 4) is 5.75 Å². The van der Waals surface area contributed by atoms with E-state index in [0.717, 1.165) is 23.5 Å². The summed E-state index contributed by atoms with van der Waals surface area (Å²) in [4.78, 5) is 1.37. The molecule has 1 saturated carbocycles. The van der Waals surface area contributed by atoms with Crippen LogP contribution in [0.4, 0.5) is 5.69 Å². The molecule has 0 aliphatic heterocycles. The van der Waals surface area contributed by atoms with Gasteiger partial charge in [0.2, 0.25) is 0 Å². The van der Waals surface area contributed by atoms with E-state index < -0.39 is 10.0 Å². The number of halogens is 1. The van der Waals surface area contributed by atoms with Gasteiger partial charge in [0.05, 0.1) is 17.7 Å². The van der Waals surface area contributed by atoms with Crippen LogP contribution in [0.15, 0.2) is 47.4 Å². The highest BCUT2D eigenvalue weighted by Gasteiger charge is 2.57. The fraction of sp³-hybridized carbons (Fsp3) is 0.368. The molecule has 146 valence electrons. The van der Waals surface area contributed by atoms with Crippen molar-refractivity contribution in [2.24, 2.45) is 11.3 Å². The van der Waals surface area contributed by atoms with E-state index in [9.17, 15) is 8.42 Å². The van der Waals surface area contributed by atoms with Crippen molar-refractivity contribution in [2.75, 3.05) is 19.0 Å². The van der Waals surface area contributed by atoms with Crippen molar-refractivity contribution in [2.45, 2.75) is 24.7 Å². The van der Waals surface area contributed by atoms with Crippen molar-refractivity contribution in [1.82, 2.24) is 4.89 Å². The molecule has 2 atom stereocenters. The maximum atomic E-state index is 11.6. The number of methoxy groups -OCH3 is 1. The third kappa shape index (κ3) is 3.91. The fourth-order valence-corrected chi connectivity index (χ4v) is 4.50. The van der Waals surface area contributed by atoms with Gasteiger partial charge < -0.3 is 15.3 Å². The Balaban J connectivity index is 1.73. The third-order valence-corrected chi connectivity index (χ3v) is 6.76. The SMILES string of the molecule is COc1ccc(Cl)cc1NC[C@H]1[C@H](c2ccc(S(=O)(=O)NO)cc2)C1(C)C. The van der Waals surface area contributed by atoms with Crippen LogP contribution in [0.2, 0.25) is 5.02 Å². The molecule has 2 aromatic carbocycles. The Hall–Kier alpha value is -1.80. The van der Waals surface area contributed by atoms with Gasteiger partial charge in [0.1, 0.15) is 5.75 Å². The summed E-state index contributed by atoms with van der Waals surface area (Å²) in [5.74, 6) is 1.41. The lowest BCUT2D eigenvalue weighted by molar-refractivity contribution is 0.242. The lowest BCUT2D eigenvalue weighted by atomic mass is 10.0. The van der Waals surface area contributed by atoms with Crippen LogP contribution in [-0.4, -0.2) is 27.3 Å². The van der Waals surface area contributed by atoms with Crippen molar-refractivity contribution in [3.63, 3.8) is 0 Å². The summed E-state index contributed by atoms with van der Waals surface area (Å²) in [7, 11) is -2.23. The number of benzene rings is 2. The molecular formula is C19H23ClN2O4S. The quantitative estimate of drug-likeness (QED) is 0.603. The standard InChI is InChI=1S/C19H23ClN2O4S/c1-19(2)15(11-21-16-10-13(20)6-9-17(16)26-3)18(19)12-4-7-14(8-5-12)27(24,25)22-23/h4-10,15,18,21-23H,11H2,1-3H3/t15-,18-/m0/s1. The molecular weight excluding hydrogens is 388 g/mol. The predicted molar refractivity (Wildman–Crippen MR) is 105 cm³/mol. The van der Waals surface area contributed by atoms with Crippen molar-refractivity contribution in [3.05, 3.63) is 53.1 Å². The molecule has 3 N–H and O–H groups in total. The highest BCUT2D eigenvalue weighted by molar-refractivity contribution is 7.89. The topological polar surface area (TPSA) is 87.7 Å². The summed E-state index contributed by atoms with van der Waals surface area (Å²) in [6.45, 7) is 5.13. The normalized spacial score (nSPS) is 20.9. The second-order valence-electron chi connectivity index (χ2n) is 7.29. The molecule has 1 fully saturated rings. The van der Waals surface area contributed by atoms with Crippen LogP contribution in [0.5, 0.6) is 5.75 Å². The Morgan fingerprint density at radius 2 is 1.85 bits per heavy atom. The van der Waals surface area contributed by atoms with Crippen LogP contribution >= 0.6 is 11.6 Å². The molecule has 8 heteroatoms. The summed E-state index contributed by atoms with van der Waals surface area (Å²) in [6, 6.07) is 12.1. The van der Waals surface area contributed by atoms with Gasteiger partial charge in [-0.2, -0.15) is 0 Å². The predicted octanol–water partition coefficient (Wildman–Crippen LogP) is 3.87. The number of sulfonamides is 1. The Labute approximate surface area is 164 Å². The molecule has 2 aromatic rings. The van der Waals surface area contributed by atoms with E-state index in [2.05, 4.69) is 19.2 Å². The summed E-state index contributed by atoms with van der Waals surface area (Å²) < 4.78 is 28.7. The summed E-state index contributed by atoms with van der Waals surface area (Å²) in [5.41, 5.74) is 2.00. The first-order valence-electron chi connectivity index (χ1n) is 8.54. The molecule has 0 unspecified atom stereocenters. The molecule has 1 aliphatic carbocycles. The van der Waals surface area contributed by atoms with E-state index in [-0.39, 0.29) is 10.3 Å². The van der Waals surface area contributed by atoms with E-state index in [1.165, 1.54) is 17.0 Å². The maximum Gasteiger partial charge on any atom is 0.262 e. The van der Waals surface area contributed by atoms with Crippen LogP contribution in [0.1, 0.15) is 25.3 Å². The third-order valence-electron chi connectivity index (χ3n) is 5.39. The molecule has 0 aromatic heterocycles. The van der Waals surface area contributed by atoms with E-state index in [4.69, 9.17) is 21.5 Å². The van der Waals surface area contributed by atoms with E-state index in [1.54, 1.807) is 25.3 Å². The number of hydrogen-bond donors (Lipinski definition) is 3. The number of hydrogen-bond acceptors (Lipinski definition) is 5. The number of anilines is 1. The molecule has 27 heavy (non-hydrogen) atoms. The second-order valence-corrected chi connectivity index (χ2v) is 9.39. The van der Waals surface area contributed by atoms with Crippen molar-refractivity contribution < 1.29 is 18.4 Å². The molecule has 0 bridgehead atoms. The minimum Gasteiger partial charge on any atom is -0.495 e. The van der Waals surface area contributed by atoms with Gasteiger partial charge in [0.25, 0.3) is 10.0 Å². The van der Waals surface area contributed by atoms with E-state index >= 15 is 0 Å². The summed E-state index contributed by atoms with van der Waals surface area (Å²) >= 11 is 6.08. The summed E-state index contributed by atoms with van der Waals surface area (Å²) in [6.07, 6.45) is 0.